The van der Waals surface area contributed by atoms with Crippen LogP contribution in [-0.4, -0.2) is 22.7 Å². The van der Waals surface area contributed by atoms with Crippen molar-refractivity contribution in [1.29, 1.82) is 0 Å². The van der Waals surface area contributed by atoms with Gasteiger partial charge in [0.25, 0.3) is 0 Å². The van der Waals surface area contributed by atoms with Gasteiger partial charge in [-0.3, -0.25) is 0 Å². The zero-order valence-electron chi connectivity index (χ0n) is 14.6. The van der Waals surface area contributed by atoms with Crippen LogP contribution in [-0.2, 0) is 9.53 Å². The predicted molar refractivity (Wildman–Crippen MR) is 120 cm³/mol. The van der Waals surface area contributed by atoms with Gasteiger partial charge in [-0.25, -0.2) is 9.79 Å². The molecule has 0 saturated carbocycles. The Morgan fingerprint density at radius 3 is 2.75 bits per heavy atom. The number of carbonyl (C=O) groups is 1. The zero-order chi connectivity index (χ0) is 20.3. The molecular weight excluding hydrogens is 485 g/mol. The quantitative estimate of drug-likeness (QED) is 0.463. The van der Waals surface area contributed by atoms with E-state index in [2.05, 4.69) is 20.9 Å². The van der Waals surface area contributed by atoms with E-state index in [0.717, 1.165) is 10.0 Å². The number of hydrogen-bond acceptors (Lipinski definition) is 5. The fourth-order valence-corrected chi connectivity index (χ4v) is 4.32. The van der Waals surface area contributed by atoms with Gasteiger partial charge in [0.05, 0.1) is 22.2 Å². The molecule has 0 bridgehead atoms. The third kappa shape index (κ3) is 4.81. The lowest BCUT2D eigenvalue weighted by molar-refractivity contribution is -0.138. The standard InChI is InChI=1S/C20H14BrCl2NO3S/c1-2-27-20(26)17-18(25)16(9-11-4-3-5-12(21)8-11)28-19(17)24-15-7-6-13(22)10-14(15)23/h3-10,25H,2H2,1H3/b16-9-,24-19?. The molecule has 144 valence electrons. The number of nitrogens with zero attached hydrogens (tertiary/aromatic N) is 1. The molecule has 2 aromatic rings. The fourth-order valence-electron chi connectivity index (χ4n) is 2.42. The first kappa shape index (κ1) is 21.0. The van der Waals surface area contributed by atoms with Crippen molar-refractivity contribution in [2.45, 2.75) is 6.92 Å². The maximum absolute atomic E-state index is 12.4. The molecule has 1 heterocycles. The Bertz CT molecular complexity index is 1030. The molecule has 28 heavy (non-hydrogen) atoms. The molecule has 0 spiro atoms. The Labute approximate surface area is 185 Å². The van der Waals surface area contributed by atoms with Crippen molar-refractivity contribution in [2.24, 2.45) is 4.99 Å². The average molecular weight is 499 g/mol. The Kier molecular flexibility index (Phi) is 6.88. The molecule has 1 aliphatic heterocycles. The average Bonchev–Trinajstić information content (AvgIpc) is 2.93. The summed E-state index contributed by atoms with van der Waals surface area (Å²) in [4.78, 5) is 17.4. The first-order valence-corrected chi connectivity index (χ1v) is 10.6. The molecule has 0 radical (unpaired) electrons. The van der Waals surface area contributed by atoms with Crippen molar-refractivity contribution in [2.75, 3.05) is 6.61 Å². The highest BCUT2D eigenvalue weighted by molar-refractivity contribution is 9.10. The smallest absolute Gasteiger partial charge is 0.344 e. The molecule has 0 amide bonds. The highest BCUT2D eigenvalue weighted by Crippen LogP contribution is 2.41. The number of ether oxygens (including phenoxy) is 1. The highest BCUT2D eigenvalue weighted by atomic mass is 79.9. The van der Waals surface area contributed by atoms with Crippen molar-refractivity contribution in [3.63, 3.8) is 0 Å². The molecular formula is C20H14BrCl2NO3S. The maximum atomic E-state index is 12.4. The molecule has 0 saturated heterocycles. The van der Waals surface area contributed by atoms with E-state index in [1.54, 1.807) is 31.2 Å². The van der Waals surface area contributed by atoms with E-state index >= 15 is 0 Å². The molecule has 0 fully saturated rings. The van der Waals surface area contributed by atoms with Crippen molar-refractivity contribution in [3.8, 4) is 0 Å². The second-order valence-electron chi connectivity index (χ2n) is 5.62. The fraction of sp³-hybridized carbons (Fsp3) is 0.100. The maximum Gasteiger partial charge on any atom is 0.344 e. The van der Waals surface area contributed by atoms with E-state index < -0.39 is 5.97 Å². The van der Waals surface area contributed by atoms with Crippen LogP contribution >= 0.6 is 50.9 Å². The number of aliphatic hydroxyl groups excluding tert-OH is 1. The summed E-state index contributed by atoms with van der Waals surface area (Å²) in [7, 11) is 0. The van der Waals surface area contributed by atoms with Crippen molar-refractivity contribution >= 4 is 73.7 Å². The zero-order valence-corrected chi connectivity index (χ0v) is 18.5. The molecule has 0 aliphatic carbocycles. The Balaban J connectivity index is 2.07. The van der Waals surface area contributed by atoms with E-state index in [9.17, 15) is 9.90 Å². The molecule has 8 heteroatoms. The Morgan fingerprint density at radius 2 is 2.07 bits per heavy atom. The second-order valence-corrected chi connectivity index (χ2v) is 8.41. The predicted octanol–water partition coefficient (Wildman–Crippen LogP) is 6.95. The lowest BCUT2D eigenvalue weighted by Gasteiger charge is -2.05. The van der Waals surface area contributed by atoms with Gasteiger partial charge in [-0.2, -0.15) is 0 Å². The van der Waals surface area contributed by atoms with Crippen molar-refractivity contribution < 1.29 is 14.6 Å². The van der Waals surface area contributed by atoms with E-state index in [4.69, 9.17) is 27.9 Å². The molecule has 1 N–H and O–H groups in total. The summed E-state index contributed by atoms with van der Waals surface area (Å²) < 4.78 is 5.99. The van der Waals surface area contributed by atoms with Gasteiger partial charge in [-0.1, -0.05) is 63.0 Å². The molecule has 0 atom stereocenters. The van der Waals surface area contributed by atoms with Crippen LogP contribution in [0.2, 0.25) is 10.0 Å². The first-order valence-electron chi connectivity index (χ1n) is 8.19. The molecule has 4 nitrogen and oxygen atoms in total. The number of hydrogen-bond donors (Lipinski definition) is 1. The summed E-state index contributed by atoms with van der Waals surface area (Å²) in [6.07, 6.45) is 1.77. The molecule has 1 aliphatic rings. The minimum absolute atomic E-state index is 0.0131. The number of aliphatic imine (C=N–C) groups is 1. The van der Waals surface area contributed by atoms with Gasteiger partial charge in [0, 0.05) is 9.50 Å². The topological polar surface area (TPSA) is 58.9 Å². The summed E-state index contributed by atoms with van der Waals surface area (Å²) in [6, 6.07) is 12.4. The SMILES string of the molecule is CCOC(=O)C1=C(O)/C(=C/c2cccc(Br)c2)SC1=Nc1ccc(Cl)cc1Cl. The van der Waals surface area contributed by atoms with Gasteiger partial charge in [0.15, 0.2) is 0 Å². The van der Waals surface area contributed by atoms with E-state index in [0.29, 0.717) is 25.7 Å². The minimum Gasteiger partial charge on any atom is -0.506 e. The number of thioether (sulfide) groups is 1. The second kappa shape index (κ2) is 9.18. The van der Waals surface area contributed by atoms with Gasteiger partial charge in [0.2, 0.25) is 0 Å². The third-order valence-electron chi connectivity index (χ3n) is 3.65. The van der Waals surface area contributed by atoms with E-state index in [-0.39, 0.29) is 17.9 Å². The summed E-state index contributed by atoms with van der Waals surface area (Å²) in [6.45, 7) is 1.88. The lowest BCUT2D eigenvalue weighted by Crippen LogP contribution is -2.12. The van der Waals surface area contributed by atoms with Crippen molar-refractivity contribution in [1.82, 2.24) is 0 Å². The summed E-state index contributed by atoms with van der Waals surface area (Å²) in [5, 5.41) is 11.8. The third-order valence-corrected chi connectivity index (χ3v) is 5.70. The normalized spacial score (nSPS) is 16.9. The van der Waals surface area contributed by atoms with Crippen LogP contribution in [0.3, 0.4) is 0 Å². The highest BCUT2D eigenvalue weighted by Gasteiger charge is 2.33. The van der Waals surface area contributed by atoms with Crippen LogP contribution in [0.25, 0.3) is 6.08 Å². The van der Waals surface area contributed by atoms with Gasteiger partial charge in [-0.05, 0) is 48.9 Å². The Hall–Kier alpha value is -1.73. The number of rotatable bonds is 4. The van der Waals surface area contributed by atoms with Gasteiger partial charge >= 0.3 is 5.97 Å². The van der Waals surface area contributed by atoms with Crippen LogP contribution < -0.4 is 0 Å². The molecule has 2 aromatic carbocycles. The molecule has 0 unspecified atom stereocenters. The van der Waals surface area contributed by atoms with Crippen LogP contribution in [0.5, 0.6) is 0 Å². The number of benzene rings is 2. The first-order chi connectivity index (χ1) is 13.4. The van der Waals surface area contributed by atoms with Crippen molar-refractivity contribution in [3.05, 3.63) is 78.8 Å². The summed E-state index contributed by atoms with van der Waals surface area (Å²) in [5.74, 6) is -0.818. The van der Waals surface area contributed by atoms with E-state index in [1.165, 1.54) is 11.8 Å². The molecule has 3 rings (SSSR count). The van der Waals surface area contributed by atoms with Gasteiger partial charge in [0.1, 0.15) is 16.4 Å². The van der Waals surface area contributed by atoms with Crippen LogP contribution in [0.1, 0.15) is 12.5 Å². The number of aliphatic hydroxyl groups is 1. The summed E-state index contributed by atoms with van der Waals surface area (Å²) >= 11 is 16.7. The van der Waals surface area contributed by atoms with Crippen LogP contribution in [0.15, 0.2) is 68.2 Å². The lowest BCUT2D eigenvalue weighted by atomic mass is 10.1. The van der Waals surface area contributed by atoms with Crippen LogP contribution in [0.4, 0.5) is 5.69 Å². The number of halogens is 3. The summed E-state index contributed by atoms with van der Waals surface area (Å²) in [5.41, 5.74) is 1.31. The number of esters is 1. The molecule has 0 aromatic heterocycles. The number of carbonyl (C=O) groups excluding carboxylic acids is 1. The van der Waals surface area contributed by atoms with Crippen LogP contribution in [0, 0.1) is 0 Å². The van der Waals surface area contributed by atoms with Gasteiger partial charge < -0.3 is 9.84 Å². The minimum atomic E-state index is -0.644. The van der Waals surface area contributed by atoms with E-state index in [1.807, 2.05) is 24.3 Å². The van der Waals surface area contributed by atoms with Gasteiger partial charge in [-0.15, -0.1) is 0 Å². The monoisotopic (exact) mass is 497 g/mol. The Morgan fingerprint density at radius 1 is 1.29 bits per heavy atom. The largest absolute Gasteiger partial charge is 0.506 e.